The van der Waals surface area contributed by atoms with Crippen molar-refractivity contribution in [1.29, 1.82) is 0 Å². The molecule has 0 saturated carbocycles. The SMILES string of the molecule is CCOC(=O)c1ccc(NC(=O)CCNC(=O)C(C)(C)C)cc1. The molecule has 1 aromatic rings. The fourth-order valence-electron chi connectivity index (χ4n) is 1.68. The first-order valence-corrected chi connectivity index (χ1v) is 7.59. The summed E-state index contributed by atoms with van der Waals surface area (Å²) in [6, 6.07) is 6.46. The lowest BCUT2D eigenvalue weighted by Gasteiger charge is -2.17. The van der Waals surface area contributed by atoms with E-state index < -0.39 is 11.4 Å². The molecule has 0 aliphatic heterocycles. The molecule has 1 rings (SSSR count). The summed E-state index contributed by atoms with van der Waals surface area (Å²) < 4.78 is 4.89. The summed E-state index contributed by atoms with van der Waals surface area (Å²) in [7, 11) is 0. The van der Waals surface area contributed by atoms with Crippen LogP contribution in [0.3, 0.4) is 0 Å². The van der Waals surface area contributed by atoms with Gasteiger partial charge in [-0.3, -0.25) is 9.59 Å². The van der Waals surface area contributed by atoms with Gasteiger partial charge in [0.15, 0.2) is 0 Å². The zero-order chi connectivity index (χ0) is 17.5. The van der Waals surface area contributed by atoms with Crippen LogP contribution in [-0.4, -0.2) is 30.9 Å². The largest absolute Gasteiger partial charge is 0.462 e. The molecule has 0 unspecified atom stereocenters. The Morgan fingerprint density at radius 1 is 1.09 bits per heavy atom. The number of ether oxygens (including phenoxy) is 1. The summed E-state index contributed by atoms with van der Waals surface area (Å²) in [5.41, 5.74) is 0.548. The van der Waals surface area contributed by atoms with Crippen molar-refractivity contribution >= 4 is 23.5 Å². The van der Waals surface area contributed by atoms with Gasteiger partial charge < -0.3 is 15.4 Å². The molecule has 0 aliphatic rings. The summed E-state index contributed by atoms with van der Waals surface area (Å²) in [6.45, 7) is 7.78. The maximum Gasteiger partial charge on any atom is 0.338 e. The van der Waals surface area contributed by atoms with Gasteiger partial charge in [0.05, 0.1) is 12.2 Å². The Kier molecular flexibility index (Phi) is 6.75. The van der Waals surface area contributed by atoms with Gasteiger partial charge >= 0.3 is 5.97 Å². The molecule has 0 heterocycles. The van der Waals surface area contributed by atoms with Crippen LogP contribution in [-0.2, 0) is 14.3 Å². The van der Waals surface area contributed by atoms with Crippen LogP contribution >= 0.6 is 0 Å². The second kappa shape index (κ2) is 8.31. The number of hydrogen-bond donors (Lipinski definition) is 2. The number of amides is 2. The van der Waals surface area contributed by atoms with Crippen LogP contribution in [0.5, 0.6) is 0 Å². The van der Waals surface area contributed by atoms with Crippen LogP contribution in [0.25, 0.3) is 0 Å². The van der Waals surface area contributed by atoms with Crippen LogP contribution in [0.15, 0.2) is 24.3 Å². The monoisotopic (exact) mass is 320 g/mol. The molecule has 0 spiro atoms. The third-order valence-corrected chi connectivity index (χ3v) is 3.00. The minimum Gasteiger partial charge on any atom is -0.462 e. The van der Waals surface area contributed by atoms with Crippen LogP contribution in [0.2, 0.25) is 0 Å². The Bertz CT molecular complexity index is 559. The summed E-state index contributed by atoms with van der Waals surface area (Å²) in [5, 5.41) is 5.43. The number of benzene rings is 1. The zero-order valence-corrected chi connectivity index (χ0v) is 14.1. The number of rotatable bonds is 6. The molecule has 23 heavy (non-hydrogen) atoms. The molecule has 0 fully saturated rings. The predicted molar refractivity (Wildman–Crippen MR) is 88.1 cm³/mol. The number of esters is 1. The third kappa shape index (κ3) is 6.50. The van der Waals surface area contributed by atoms with Crippen molar-refractivity contribution in [2.75, 3.05) is 18.5 Å². The standard InChI is InChI=1S/C17H24N2O4/c1-5-23-15(21)12-6-8-13(9-7-12)19-14(20)10-11-18-16(22)17(2,3)4/h6-9H,5,10-11H2,1-4H3,(H,18,22)(H,19,20). The highest BCUT2D eigenvalue weighted by molar-refractivity contribution is 5.93. The Morgan fingerprint density at radius 3 is 2.22 bits per heavy atom. The van der Waals surface area contributed by atoms with E-state index in [1.807, 2.05) is 20.8 Å². The Balaban J connectivity index is 2.43. The van der Waals surface area contributed by atoms with Gasteiger partial charge in [-0.05, 0) is 31.2 Å². The highest BCUT2D eigenvalue weighted by Gasteiger charge is 2.20. The van der Waals surface area contributed by atoms with Gasteiger partial charge in [-0.2, -0.15) is 0 Å². The number of carbonyl (C=O) groups is 3. The first-order chi connectivity index (χ1) is 10.7. The molecule has 6 nitrogen and oxygen atoms in total. The minimum atomic E-state index is -0.473. The van der Waals surface area contributed by atoms with Gasteiger partial charge in [0, 0.05) is 24.1 Å². The highest BCUT2D eigenvalue weighted by Crippen LogP contribution is 2.13. The van der Waals surface area contributed by atoms with Crippen LogP contribution in [0.1, 0.15) is 44.5 Å². The first kappa shape index (κ1) is 18.7. The lowest BCUT2D eigenvalue weighted by Crippen LogP contribution is -2.36. The van der Waals surface area contributed by atoms with E-state index in [4.69, 9.17) is 4.74 Å². The maximum atomic E-state index is 11.8. The molecule has 0 radical (unpaired) electrons. The predicted octanol–water partition coefficient (Wildman–Crippen LogP) is 2.35. The van der Waals surface area contributed by atoms with Crippen molar-refractivity contribution in [3.63, 3.8) is 0 Å². The molecule has 2 N–H and O–H groups in total. The van der Waals surface area contributed by atoms with E-state index in [1.54, 1.807) is 31.2 Å². The van der Waals surface area contributed by atoms with E-state index in [9.17, 15) is 14.4 Å². The van der Waals surface area contributed by atoms with Crippen molar-refractivity contribution in [3.05, 3.63) is 29.8 Å². The van der Waals surface area contributed by atoms with Crippen molar-refractivity contribution < 1.29 is 19.1 Å². The average Bonchev–Trinajstić information content (AvgIpc) is 2.47. The van der Waals surface area contributed by atoms with E-state index in [1.165, 1.54) is 0 Å². The highest BCUT2D eigenvalue weighted by atomic mass is 16.5. The number of carbonyl (C=O) groups excluding carboxylic acids is 3. The normalized spacial score (nSPS) is 10.8. The van der Waals surface area contributed by atoms with E-state index in [2.05, 4.69) is 10.6 Å². The number of anilines is 1. The smallest absolute Gasteiger partial charge is 0.338 e. The third-order valence-electron chi connectivity index (χ3n) is 3.00. The van der Waals surface area contributed by atoms with Crippen molar-refractivity contribution in [2.24, 2.45) is 5.41 Å². The lowest BCUT2D eigenvalue weighted by molar-refractivity contribution is -0.128. The molecule has 6 heteroatoms. The Labute approximate surface area is 136 Å². The van der Waals surface area contributed by atoms with Crippen LogP contribution < -0.4 is 10.6 Å². The molecule has 1 aromatic carbocycles. The van der Waals surface area contributed by atoms with Crippen LogP contribution in [0.4, 0.5) is 5.69 Å². The minimum absolute atomic E-state index is 0.0934. The average molecular weight is 320 g/mol. The van der Waals surface area contributed by atoms with Gasteiger partial charge in [0.1, 0.15) is 0 Å². The summed E-state index contributed by atoms with van der Waals surface area (Å²) >= 11 is 0. The molecule has 126 valence electrons. The topological polar surface area (TPSA) is 84.5 Å². The van der Waals surface area contributed by atoms with E-state index in [-0.39, 0.29) is 24.8 Å². The number of nitrogens with one attached hydrogen (secondary N) is 2. The lowest BCUT2D eigenvalue weighted by atomic mass is 9.96. The van der Waals surface area contributed by atoms with Crippen molar-refractivity contribution in [3.8, 4) is 0 Å². The van der Waals surface area contributed by atoms with Crippen LogP contribution in [0, 0.1) is 5.41 Å². The molecular formula is C17H24N2O4. The summed E-state index contributed by atoms with van der Waals surface area (Å²) in [6.07, 6.45) is 0.182. The Hall–Kier alpha value is -2.37. The summed E-state index contributed by atoms with van der Waals surface area (Å²) in [5.74, 6) is -0.692. The van der Waals surface area contributed by atoms with E-state index >= 15 is 0 Å². The molecule has 0 atom stereocenters. The van der Waals surface area contributed by atoms with Crippen molar-refractivity contribution in [1.82, 2.24) is 5.32 Å². The van der Waals surface area contributed by atoms with Gasteiger partial charge in [-0.15, -0.1) is 0 Å². The fourth-order valence-corrected chi connectivity index (χ4v) is 1.68. The van der Waals surface area contributed by atoms with Gasteiger partial charge in [0.25, 0.3) is 0 Å². The fraction of sp³-hybridized carbons (Fsp3) is 0.471. The molecule has 0 aromatic heterocycles. The number of hydrogen-bond acceptors (Lipinski definition) is 4. The molecule has 0 saturated heterocycles. The molecule has 0 bridgehead atoms. The zero-order valence-electron chi connectivity index (χ0n) is 14.1. The first-order valence-electron chi connectivity index (χ1n) is 7.59. The van der Waals surface area contributed by atoms with Gasteiger partial charge in [-0.25, -0.2) is 4.79 Å². The van der Waals surface area contributed by atoms with E-state index in [0.717, 1.165) is 0 Å². The van der Waals surface area contributed by atoms with E-state index in [0.29, 0.717) is 17.9 Å². The molecular weight excluding hydrogens is 296 g/mol. The quantitative estimate of drug-likeness (QED) is 0.788. The second-order valence-electron chi connectivity index (χ2n) is 6.10. The molecule has 2 amide bonds. The summed E-state index contributed by atoms with van der Waals surface area (Å²) in [4.78, 5) is 35.0. The van der Waals surface area contributed by atoms with Gasteiger partial charge in [-0.1, -0.05) is 20.8 Å². The Morgan fingerprint density at radius 2 is 1.70 bits per heavy atom. The second-order valence-corrected chi connectivity index (χ2v) is 6.10. The maximum absolute atomic E-state index is 11.8. The van der Waals surface area contributed by atoms with Crippen molar-refractivity contribution in [2.45, 2.75) is 34.1 Å². The molecule has 0 aliphatic carbocycles. The van der Waals surface area contributed by atoms with Gasteiger partial charge in [0.2, 0.25) is 11.8 Å².